The molecule has 0 heterocycles. The summed E-state index contributed by atoms with van der Waals surface area (Å²) in [7, 11) is 1.91. The first kappa shape index (κ1) is 8.62. The molecule has 0 spiro atoms. The molecule has 0 saturated carbocycles. The minimum Gasteiger partial charge on any atom is -1.00 e. The molecule has 1 rings (SSSR count). The van der Waals surface area contributed by atoms with E-state index in [1.165, 1.54) is 0 Å². The van der Waals surface area contributed by atoms with Gasteiger partial charge in [0.25, 0.3) is 0 Å². The van der Waals surface area contributed by atoms with E-state index >= 15 is 0 Å². The Morgan fingerprint density at radius 1 is 1.22 bits per heavy atom. The predicted molar refractivity (Wildman–Crippen MR) is 37.1 cm³/mol. The normalized spacial score (nSPS) is 7.67. The van der Waals surface area contributed by atoms with E-state index in [4.69, 9.17) is 0 Å². The monoisotopic (exact) mass is 115 g/mol. The Bertz CT molecular complexity index is 155. The van der Waals surface area contributed by atoms with Crippen LogP contribution in [0.1, 0.15) is 1.43 Å². The van der Waals surface area contributed by atoms with Gasteiger partial charge < -0.3 is 6.74 Å². The van der Waals surface area contributed by atoms with Crippen LogP contribution in [0.15, 0.2) is 30.3 Å². The third-order valence-corrected chi connectivity index (χ3v) is 1.06. The van der Waals surface area contributed by atoms with Crippen molar-refractivity contribution in [2.45, 2.75) is 0 Å². The van der Waals surface area contributed by atoms with Crippen LogP contribution in [-0.4, -0.2) is 7.05 Å². The zero-order valence-corrected chi connectivity index (χ0v) is 5.89. The van der Waals surface area contributed by atoms with E-state index in [1.807, 2.05) is 37.4 Å². The molecule has 2 heteroatoms. The maximum atomic E-state index is 3.03. The van der Waals surface area contributed by atoms with Gasteiger partial charge in [0.2, 0.25) is 0 Å². The van der Waals surface area contributed by atoms with E-state index in [2.05, 4.69) is 5.32 Å². The summed E-state index contributed by atoms with van der Waals surface area (Å²) < 4.78 is 0. The van der Waals surface area contributed by atoms with Crippen LogP contribution in [0.5, 0.6) is 0 Å². The minimum atomic E-state index is 0. The van der Waals surface area contributed by atoms with Crippen LogP contribution in [0.2, 0.25) is 0 Å². The molecule has 0 radical (unpaired) electrons. The molecule has 0 aliphatic heterocycles. The average molecular weight is 115 g/mol. The minimum absolute atomic E-state index is 0. The quantitative estimate of drug-likeness (QED) is 0.455. The van der Waals surface area contributed by atoms with Gasteiger partial charge in [-0.05, 0) is 12.1 Å². The van der Waals surface area contributed by atoms with Crippen LogP contribution in [0.25, 0.3) is 0 Å². The Morgan fingerprint density at radius 3 is 2.11 bits per heavy atom. The molecule has 0 fully saturated rings. The fourth-order valence-electron chi connectivity index (χ4n) is 0.605. The summed E-state index contributed by atoms with van der Waals surface area (Å²) in [6, 6.07) is 10.1. The number of nitrogens with one attached hydrogen (secondary N) is 1. The molecule has 0 aromatic heterocycles. The topological polar surface area (TPSA) is 12.0 Å². The van der Waals surface area contributed by atoms with Crippen molar-refractivity contribution in [3.63, 3.8) is 0 Å². The van der Waals surface area contributed by atoms with Crippen LogP contribution in [0, 0.1) is 0 Å². The van der Waals surface area contributed by atoms with Crippen LogP contribution in [-0.2, 0) is 0 Å². The molecule has 0 atom stereocenters. The molecular weight excluding hydrogens is 105 g/mol. The maximum absolute atomic E-state index is 3.03. The second-order valence-electron chi connectivity index (χ2n) is 1.62. The fourth-order valence-corrected chi connectivity index (χ4v) is 0.605. The van der Waals surface area contributed by atoms with Crippen LogP contribution < -0.4 is 24.2 Å². The van der Waals surface area contributed by atoms with Crippen molar-refractivity contribution < 1.29 is 20.3 Å². The first-order valence-corrected chi connectivity index (χ1v) is 2.66. The zero-order chi connectivity index (χ0) is 5.82. The molecule has 0 saturated heterocycles. The van der Waals surface area contributed by atoms with Crippen molar-refractivity contribution in [1.82, 2.24) is 0 Å². The summed E-state index contributed by atoms with van der Waals surface area (Å²) in [6.07, 6.45) is 0. The number of benzene rings is 1. The Hall–Kier alpha value is -0.383. The van der Waals surface area contributed by atoms with E-state index in [-0.39, 0.29) is 20.3 Å². The molecular formula is C7H10LiN. The molecule has 0 aliphatic rings. The number of anilines is 1. The molecule has 1 aromatic rings. The van der Waals surface area contributed by atoms with E-state index in [1.54, 1.807) is 0 Å². The van der Waals surface area contributed by atoms with Crippen molar-refractivity contribution in [2.24, 2.45) is 0 Å². The molecule has 1 nitrogen and oxygen atoms in total. The van der Waals surface area contributed by atoms with Crippen molar-refractivity contribution >= 4 is 5.69 Å². The first-order valence-electron chi connectivity index (χ1n) is 2.66. The van der Waals surface area contributed by atoms with Crippen molar-refractivity contribution in [3.8, 4) is 0 Å². The van der Waals surface area contributed by atoms with Gasteiger partial charge in [-0.3, -0.25) is 0 Å². The molecule has 44 valence electrons. The summed E-state index contributed by atoms with van der Waals surface area (Å²) >= 11 is 0. The van der Waals surface area contributed by atoms with Crippen LogP contribution in [0.4, 0.5) is 5.69 Å². The van der Waals surface area contributed by atoms with Gasteiger partial charge in [-0.2, -0.15) is 0 Å². The van der Waals surface area contributed by atoms with E-state index in [0.717, 1.165) is 5.69 Å². The number of hydrogen-bond acceptors (Lipinski definition) is 1. The number of hydrogen-bond donors (Lipinski definition) is 1. The van der Waals surface area contributed by atoms with Gasteiger partial charge in [0.05, 0.1) is 0 Å². The Morgan fingerprint density at radius 2 is 1.78 bits per heavy atom. The first-order chi connectivity index (χ1) is 3.93. The van der Waals surface area contributed by atoms with Crippen LogP contribution in [0.3, 0.4) is 0 Å². The summed E-state index contributed by atoms with van der Waals surface area (Å²) in [4.78, 5) is 0. The Labute approximate surface area is 69.1 Å². The molecule has 1 N–H and O–H groups in total. The number of para-hydroxylation sites is 1. The van der Waals surface area contributed by atoms with Crippen molar-refractivity contribution in [2.75, 3.05) is 12.4 Å². The van der Waals surface area contributed by atoms with Crippen LogP contribution >= 0.6 is 0 Å². The van der Waals surface area contributed by atoms with Gasteiger partial charge in [-0.25, -0.2) is 0 Å². The van der Waals surface area contributed by atoms with Crippen molar-refractivity contribution in [3.05, 3.63) is 30.3 Å². The zero-order valence-electron chi connectivity index (χ0n) is 6.89. The fraction of sp³-hybridized carbons (Fsp3) is 0.143. The average Bonchev–Trinajstić information content (AvgIpc) is 1.90. The Balaban J connectivity index is 0. The number of rotatable bonds is 1. The summed E-state index contributed by atoms with van der Waals surface area (Å²) in [5, 5.41) is 3.03. The van der Waals surface area contributed by atoms with Gasteiger partial charge in [-0.1, -0.05) is 18.2 Å². The van der Waals surface area contributed by atoms with Crippen molar-refractivity contribution in [1.29, 1.82) is 0 Å². The van der Waals surface area contributed by atoms with E-state index in [9.17, 15) is 0 Å². The summed E-state index contributed by atoms with van der Waals surface area (Å²) in [5.74, 6) is 0. The van der Waals surface area contributed by atoms with Gasteiger partial charge >= 0.3 is 18.9 Å². The third kappa shape index (κ3) is 2.60. The molecule has 0 aliphatic carbocycles. The van der Waals surface area contributed by atoms with Gasteiger partial charge in [0.15, 0.2) is 0 Å². The van der Waals surface area contributed by atoms with E-state index in [0.29, 0.717) is 0 Å². The largest absolute Gasteiger partial charge is 1.00 e. The second kappa shape index (κ2) is 4.49. The molecule has 0 amide bonds. The second-order valence-corrected chi connectivity index (χ2v) is 1.62. The predicted octanol–water partition coefficient (Wildman–Crippen LogP) is -1.16. The maximum Gasteiger partial charge on any atom is 1.00 e. The summed E-state index contributed by atoms with van der Waals surface area (Å²) in [5.41, 5.74) is 1.16. The van der Waals surface area contributed by atoms with Gasteiger partial charge in [-0.15, -0.1) is 0 Å². The van der Waals surface area contributed by atoms with E-state index < -0.39 is 0 Å². The molecule has 1 aromatic carbocycles. The molecule has 0 unspecified atom stereocenters. The SMILES string of the molecule is CNc1ccccc1.[H-].[Li+]. The van der Waals surface area contributed by atoms with Gasteiger partial charge in [0.1, 0.15) is 0 Å². The Kier molecular flexibility index (Phi) is 4.30. The third-order valence-electron chi connectivity index (χ3n) is 1.06. The van der Waals surface area contributed by atoms with Gasteiger partial charge in [0, 0.05) is 12.7 Å². The molecule has 9 heavy (non-hydrogen) atoms. The smallest absolute Gasteiger partial charge is 1.00 e. The molecule has 0 bridgehead atoms. The summed E-state index contributed by atoms with van der Waals surface area (Å²) in [6.45, 7) is 0. The standard InChI is InChI=1S/C7H9N.Li.H/c1-8-7-5-3-2-4-6-7;;/h2-6,8H,1H3;;/q;+1;-1.